The van der Waals surface area contributed by atoms with E-state index in [4.69, 9.17) is 5.10 Å². The van der Waals surface area contributed by atoms with E-state index in [1.807, 2.05) is 27.8 Å². The molecule has 1 fully saturated rings. The predicted octanol–water partition coefficient (Wildman–Crippen LogP) is 3.51. The van der Waals surface area contributed by atoms with Crippen LogP contribution in [0.2, 0.25) is 0 Å². The molecule has 1 spiro atoms. The van der Waals surface area contributed by atoms with Crippen LogP contribution in [0.25, 0.3) is 0 Å². The normalized spacial score (nSPS) is 18.1. The fraction of sp³-hybridized carbons (Fsp3) is 0.455. The van der Waals surface area contributed by atoms with E-state index in [1.54, 1.807) is 23.7 Å². The predicted molar refractivity (Wildman–Crippen MR) is 117 cm³/mol. The maximum absolute atomic E-state index is 13.2. The Hall–Kier alpha value is -2.74. The minimum absolute atomic E-state index is 0.118. The smallest absolute Gasteiger partial charge is 0.255 e. The standard InChI is InChI=1S/C22H26N6OS/c1-16(2)28-13-18-12-27(20(29)17-4-11-30-14-17)15-22(19(18)25-28)5-9-26(10-6-22)21-23-7-3-8-24-21/h3-4,7-8,11,13-14,16H,5-6,9-10,12,15H2,1-2H3. The topological polar surface area (TPSA) is 67.2 Å². The summed E-state index contributed by atoms with van der Waals surface area (Å²) in [5, 5.41) is 8.92. The summed E-state index contributed by atoms with van der Waals surface area (Å²) in [7, 11) is 0. The zero-order chi connectivity index (χ0) is 20.7. The van der Waals surface area contributed by atoms with Crippen molar-refractivity contribution in [1.29, 1.82) is 0 Å². The molecular weight excluding hydrogens is 396 g/mol. The van der Waals surface area contributed by atoms with E-state index >= 15 is 0 Å². The molecule has 1 saturated heterocycles. The Kier molecular flexibility index (Phi) is 4.81. The molecule has 0 N–H and O–H groups in total. The van der Waals surface area contributed by atoms with Crippen molar-refractivity contribution in [2.45, 2.75) is 44.7 Å². The number of piperidine rings is 1. The SMILES string of the molecule is CC(C)n1cc2c(n1)C1(CCN(c3ncccn3)CC1)CN(C(=O)c1ccsc1)C2. The van der Waals surface area contributed by atoms with Crippen molar-refractivity contribution < 1.29 is 4.79 Å². The molecule has 3 aromatic rings. The molecule has 0 unspecified atom stereocenters. The molecule has 0 bridgehead atoms. The zero-order valence-electron chi connectivity index (χ0n) is 17.4. The highest BCUT2D eigenvalue weighted by atomic mass is 32.1. The Morgan fingerprint density at radius 3 is 2.63 bits per heavy atom. The summed E-state index contributed by atoms with van der Waals surface area (Å²) >= 11 is 1.57. The lowest BCUT2D eigenvalue weighted by atomic mass is 9.72. The van der Waals surface area contributed by atoms with E-state index in [0.717, 1.165) is 37.4 Å². The summed E-state index contributed by atoms with van der Waals surface area (Å²) in [6.07, 6.45) is 7.58. The average molecular weight is 423 g/mol. The summed E-state index contributed by atoms with van der Waals surface area (Å²) in [6.45, 7) is 7.36. The molecule has 1 amide bonds. The molecule has 8 heteroatoms. The number of fused-ring (bicyclic) bond motifs is 2. The number of hydrogen-bond acceptors (Lipinski definition) is 6. The van der Waals surface area contributed by atoms with Crippen LogP contribution >= 0.6 is 11.3 Å². The van der Waals surface area contributed by atoms with Gasteiger partial charge in [0.1, 0.15) is 0 Å². The quantitative estimate of drug-likeness (QED) is 0.646. The van der Waals surface area contributed by atoms with Gasteiger partial charge in [-0.2, -0.15) is 16.4 Å². The molecule has 5 rings (SSSR count). The molecule has 30 heavy (non-hydrogen) atoms. The molecule has 2 aliphatic rings. The largest absolute Gasteiger partial charge is 0.341 e. The first-order chi connectivity index (χ1) is 14.6. The number of rotatable bonds is 3. The van der Waals surface area contributed by atoms with Crippen LogP contribution in [0.1, 0.15) is 54.3 Å². The third-order valence-corrected chi connectivity index (χ3v) is 6.99. The Labute approximate surface area is 180 Å². The molecular formula is C22H26N6OS. The van der Waals surface area contributed by atoms with Gasteiger partial charge >= 0.3 is 0 Å². The summed E-state index contributed by atoms with van der Waals surface area (Å²) in [4.78, 5) is 26.3. The third-order valence-electron chi connectivity index (χ3n) is 6.30. The third kappa shape index (κ3) is 3.29. The van der Waals surface area contributed by atoms with Crippen molar-refractivity contribution in [2.24, 2.45) is 0 Å². The van der Waals surface area contributed by atoms with E-state index in [-0.39, 0.29) is 11.3 Å². The molecule has 0 saturated carbocycles. The van der Waals surface area contributed by atoms with Gasteiger partial charge in [0.05, 0.1) is 11.3 Å². The van der Waals surface area contributed by atoms with Gasteiger partial charge in [0.2, 0.25) is 5.95 Å². The molecule has 0 atom stereocenters. The number of hydrogen-bond donors (Lipinski definition) is 0. The monoisotopic (exact) mass is 422 g/mol. The Morgan fingerprint density at radius 2 is 1.97 bits per heavy atom. The van der Waals surface area contributed by atoms with Gasteiger partial charge in [-0.3, -0.25) is 9.48 Å². The summed E-state index contributed by atoms with van der Waals surface area (Å²) < 4.78 is 2.05. The highest BCUT2D eigenvalue weighted by Gasteiger charge is 2.46. The van der Waals surface area contributed by atoms with Gasteiger partial charge in [0, 0.05) is 67.2 Å². The molecule has 0 aromatic carbocycles. The first kappa shape index (κ1) is 19.2. The van der Waals surface area contributed by atoms with Crippen LogP contribution in [0.4, 0.5) is 5.95 Å². The fourth-order valence-corrected chi connectivity index (χ4v) is 5.28. The second-order valence-electron chi connectivity index (χ2n) is 8.57. The van der Waals surface area contributed by atoms with Crippen LogP contribution < -0.4 is 4.90 Å². The Morgan fingerprint density at radius 1 is 1.20 bits per heavy atom. The van der Waals surface area contributed by atoms with Crippen molar-refractivity contribution in [3.8, 4) is 0 Å². The van der Waals surface area contributed by atoms with E-state index in [1.165, 1.54) is 11.3 Å². The molecule has 3 aromatic heterocycles. The molecule has 0 radical (unpaired) electrons. The number of aromatic nitrogens is 4. The van der Waals surface area contributed by atoms with Crippen molar-refractivity contribution in [3.63, 3.8) is 0 Å². The Balaban J connectivity index is 1.46. The minimum atomic E-state index is -0.120. The second-order valence-corrected chi connectivity index (χ2v) is 9.35. The number of amides is 1. The van der Waals surface area contributed by atoms with Crippen molar-refractivity contribution in [2.75, 3.05) is 24.5 Å². The van der Waals surface area contributed by atoms with Crippen LogP contribution in [0, 0.1) is 0 Å². The lowest BCUT2D eigenvalue weighted by Gasteiger charge is -2.46. The molecule has 5 heterocycles. The van der Waals surface area contributed by atoms with Gasteiger partial charge in [-0.25, -0.2) is 9.97 Å². The number of thiophene rings is 1. The Bertz CT molecular complexity index is 1020. The van der Waals surface area contributed by atoms with Gasteiger partial charge in [0.15, 0.2) is 0 Å². The highest BCUT2D eigenvalue weighted by Crippen LogP contribution is 2.42. The maximum atomic E-state index is 13.2. The highest BCUT2D eigenvalue weighted by molar-refractivity contribution is 7.08. The lowest BCUT2D eigenvalue weighted by molar-refractivity contribution is 0.0644. The second kappa shape index (κ2) is 7.50. The number of carbonyl (C=O) groups excluding carboxylic acids is 1. The van der Waals surface area contributed by atoms with E-state index in [0.29, 0.717) is 19.1 Å². The first-order valence-electron chi connectivity index (χ1n) is 10.5. The van der Waals surface area contributed by atoms with Crippen LogP contribution in [0.5, 0.6) is 0 Å². The van der Waals surface area contributed by atoms with Gasteiger partial charge in [-0.1, -0.05) is 0 Å². The van der Waals surface area contributed by atoms with Gasteiger partial charge in [0.25, 0.3) is 5.91 Å². The van der Waals surface area contributed by atoms with Crippen molar-refractivity contribution in [3.05, 3.63) is 58.3 Å². The van der Waals surface area contributed by atoms with E-state index in [2.05, 4.69) is 39.6 Å². The zero-order valence-corrected chi connectivity index (χ0v) is 18.2. The maximum Gasteiger partial charge on any atom is 0.255 e. The van der Waals surface area contributed by atoms with E-state index in [9.17, 15) is 4.79 Å². The lowest BCUT2D eigenvalue weighted by Crippen LogP contribution is -2.53. The van der Waals surface area contributed by atoms with Crippen LogP contribution in [-0.4, -0.2) is 50.2 Å². The van der Waals surface area contributed by atoms with Crippen molar-refractivity contribution in [1.82, 2.24) is 24.6 Å². The van der Waals surface area contributed by atoms with Crippen molar-refractivity contribution >= 4 is 23.2 Å². The molecule has 7 nitrogen and oxygen atoms in total. The summed E-state index contributed by atoms with van der Waals surface area (Å²) in [5.41, 5.74) is 3.03. The fourth-order valence-electron chi connectivity index (χ4n) is 4.65. The molecule has 156 valence electrons. The average Bonchev–Trinajstić information content (AvgIpc) is 3.45. The van der Waals surface area contributed by atoms with Crippen LogP contribution in [0.3, 0.4) is 0 Å². The minimum Gasteiger partial charge on any atom is -0.341 e. The van der Waals surface area contributed by atoms with Gasteiger partial charge in [-0.15, -0.1) is 0 Å². The van der Waals surface area contributed by atoms with Gasteiger partial charge in [-0.05, 0) is 44.2 Å². The summed E-state index contributed by atoms with van der Waals surface area (Å²) in [6, 6.07) is 4.06. The molecule has 0 aliphatic carbocycles. The number of carbonyl (C=O) groups is 1. The van der Waals surface area contributed by atoms with Gasteiger partial charge < -0.3 is 9.80 Å². The van der Waals surface area contributed by atoms with Crippen LogP contribution in [-0.2, 0) is 12.0 Å². The van der Waals surface area contributed by atoms with Crippen LogP contribution in [0.15, 0.2) is 41.5 Å². The summed E-state index contributed by atoms with van der Waals surface area (Å²) in [5.74, 6) is 0.898. The molecule has 2 aliphatic heterocycles. The van der Waals surface area contributed by atoms with E-state index < -0.39 is 0 Å². The first-order valence-corrected chi connectivity index (χ1v) is 11.4. The number of nitrogens with zero attached hydrogens (tertiary/aromatic N) is 6. The number of anilines is 1.